The van der Waals surface area contributed by atoms with Gasteiger partial charge in [0.05, 0.1) is 13.1 Å². The van der Waals surface area contributed by atoms with Crippen LogP contribution in [0, 0.1) is 5.41 Å². The molecule has 3 nitrogen and oxygen atoms in total. The molecule has 1 aliphatic rings. The first-order valence-corrected chi connectivity index (χ1v) is 5.26. The van der Waals surface area contributed by atoms with Gasteiger partial charge in [-0.1, -0.05) is 19.8 Å². The van der Waals surface area contributed by atoms with E-state index in [-0.39, 0.29) is 5.91 Å². The summed E-state index contributed by atoms with van der Waals surface area (Å²) in [7, 11) is 0. The predicted molar refractivity (Wildman–Crippen MR) is 53.6 cm³/mol. The van der Waals surface area contributed by atoms with Crippen LogP contribution >= 0.6 is 0 Å². The monoisotopic (exact) mass is 220 g/mol. The smallest absolute Gasteiger partial charge is 0.277 e. The molecule has 5 heteroatoms. The van der Waals surface area contributed by atoms with E-state index in [0.29, 0.717) is 0 Å². The maximum Gasteiger partial charge on any atom is 0.277 e. The van der Waals surface area contributed by atoms with Gasteiger partial charge in [0.2, 0.25) is 5.91 Å². The highest BCUT2D eigenvalue weighted by Crippen LogP contribution is 2.37. The Balaban J connectivity index is 2.42. The molecule has 0 aromatic rings. The lowest BCUT2D eigenvalue weighted by Gasteiger charge is -2.24. The van der Waals surface area contributed by atoms with Crippen LogP contribution in [-0.4, -0.2) is 24.9 Å². The molecule has 0 aliphatic heterocycles. The van der Waals surface area contributed by atoms with E-state index in [9.17, 15) is 13.6 Å². The van der Waals surface area contributed by atoms with Crippen LogP contribution in [0.1, 0.15) is 32.6 Å². The Hall–Kier alpha value is -0.710. The van der Waals surface area contributed by atoms with Crippen molar-refractivity contribution in [2.24, 2.45) is 11.1 Å². The van der Waals surface area contributed by atoms with Gasteiger partial charge in [-0.3, -0.25) is 4.79 Å². The molecule has 88 valence electrons. The molecule has 0 unspecified atom stereocenters. The molecule has 0 heterocycles. The van der Waals surface area contributed by atoms with Crippen LogP contribution in [0.5, 0.6) is 0 Å². The quantitative estimate of drug-likeness (QED) is 0.749. The van der Waals surface area contributed by atoms with Gasteiger partial charge in [0.1, 0.15) is 0 Å². The maximum atomic E-state index is 12.8. The Kier molecular flexibility index (Phi) is 3.65. The number of hydrogen-bond acceptors (Lipinski definition) is 2. The molecular weight excluding hydrogens is 202 g/mol. The average Bonchev–Trinajstić information content (AvgIpc) is 2.63. The summed E-state index contributed by atoms with van der Waals surface area (Å²) in [6.45, 7) is 0.442. The molecule has 1 saturated carbocycles. The molecule has 3 N–H and O–H groups in total. The summed E-state index contributed by atoms with van der Waals surface area (Å²) in [6.07, 6.45) is 3.56. The second-order valence-electron chi connectivity index (χ2n) is 4.51. The minimum atomic E-state index is -3.00. The van der Waals surface area contributed by atoms with Crippen molar-refractivity contribution in [3.05, 3.63) is 0 Å². The lowest BCUT2D eigenvalue weighted by atomic mass is 9.88. The molecule has 15 heavy (non-hydrogen) atoms. The summed E-state index contributed by atoms with van der Waals surface area (Å²) in [5, 5.41) is 2.29. The van der Waals surface area contributed by atoms with Crippen LogP contribution in [0.4, 0.5) is 8.78 Å². The molecule has 0 bridgehead atoms. The molecule has 0 spiro atoms. The number of rotatable bonds is 4. The summed E-state index contributed by atoms with van der Waals surface area (Å²) < 4.78 is 25.6. The number of halogens is 2. The lowest BCUT2D eigenvalue weighted by Crippen LogP contribution is -2.45. The minimum Gasteiger partial charge on any atom is -0.350 e. The van der Waals surface area contributed by atoms with Crippen LogP contribution in [0.15, 0.2) is 0 Å². The van der Waals surface area contributed by atoms with Gasteiger partial charge in [-0.15, -0.1) is 0 Å². The highest BCUT2D eigenvalue weighted by molar-refractivity contribution is 5.82. The van der Waals surface area contributed by atoms with Crippen LogP contribution in [0.2, 0.25) is 0 Å². The van der Waals surface area contributed by atoms with Gasteiger partial charge in [0, 0.05) is 5.41 Å². The molecule has 1 amide bonds. The molecule has 0 atom stereocenters. The molecule has 0 radical (unpaired) electrons. The zero-order chi connectivity index (χ0) is 11.5. The van der Waals surface area contributed by atoms with E-state index in [1.165, 1.54) is 0 Å². The van der Waals surface area contributed by atoms with Crippen molar-refractivity contribution in [2.45, 2.75) is 38.5 Å². The third-order valence-electron chi connectivity index (χ3n) is 3.06. The molecular formula is C10H18F2N2O. The molecule has 0 saturated heterocycles. The summed E-state index contributed by atoms with van der Waals surface area (Å²) in [5.41, 5.74) is 4.42. The first-order valence-electron chi connectivity index (χ1n) is 5.26. The standard InChI is InChI=1S/C10H18F2N2O/c1-9(4-2-3-5-9)8(15)14-7-10(11,12)6-13/h2-7,13H2,1H3,(H,14,15). The highest BCUT2D eigenvalue weighted by atomic mass is 19.3. The zero-order valence-electron chi connectivity index (χ0n) is 8.98. The number of nitrogens with one attached hydrogen (secondary N) is 1. The van der Waals surface area contributed by atoms with Gasteiger partial charge < -0.3 is 11.1 Å². The summed E-state index contributed by atoms with van der Waals surface area (Å²) >= 11 is 0. The van der Waals surface area contributed by atoms with Gasteiger partial charge in [-0.05, 0) is 12.8 Å². The van der Waals surface area contributed by atoms with Gasteiger partial charge in [0.25, 0.3) is 5.92 Å². The topological polar surface area (TPSA) is 55.1 Å². The van der Waals surface area contributed by atoms with Gasteiger partial charge >= 0.3 is 0 Å². The Morgan fingerprint density at radius 3 is 2.47 bits per heavy atom. The number of carbonyl (C=O) groups is 1. The average molecular weight is 220 g/mol. The first kappa shape index (κ1) is 12.4. The maximum absolute atomic E-state index is 12.8. The normalized spacial score (nSPS) is 20.3. The lowest BCUT2D eigenvalue weighted by molar-refractivity contribution is -0.131. The van der Waals surface area contributed by atoms with E-state index in [1.54, 1.807) is 0 Å². The first-order chi connectivity index (χ1) is 6.90. The highest BCUT2D eigenvalue weighted by Gasteiger charge is 2.37. The predicted octanol–water partition coefficient (Wildman–Crippen LogP) is 1.28. The Morgan fingerprint density at radius 1 is 1.47 bits per heavy atom. The van der Waals surface area contributed by atoms with Crippen molar-refractivity contribution in [1.82, 2.24) is 5.32 Å². The number of alkyl halides is 2. The van der Waals surface area contributed by atoms with Crippen LogP contribution in [0.25, 0.3) is 0 Å². The Labute approximate surface area is 88.4 Å². The summed E-state index contributed by atoms with van der Waals surface area (Å²) in [4.78, 5) is 11.6. The molecule has 1 fully saturated rings. The third-order valence-corrected chi connectivity index (χ3v) is 3.06. The molecule has 0 aromatic carbocycles. The largest absolute Gasteiger partial charge is 0.350 e. The molecule has 1 aliphatic carbocycles. The third kappa shape index (κ3) is 3.12. The summed E-state index contributed by atoms with van der Waals surface area (Å²) in [6, 6.07) is 0. The second-order valence-corrected chi connectivity index (χ2v) is 4.51. The number of amides is 1. The summed E-state index contributed by atoms with van der Waals surface area (Å²) in [5.74, 6) is -3.27. The fourth-order valence-corrected chi connectivity index (χ4v) is 1.88. The van der Waals surface area contributed by atoms with E-state index in [4.69, 9.17) is 5.73 Å². The fourth-order valence-electron chi connectivity index (χ4n) is 1.88. The van der Waals surface area contributed by atoms with E-state index < -0.39 is 24.4 Å². The van der Waals surface area contributed by atoms with Crippen molar-refractivity contribution in [1.29, 1.82) is 0 Å². The van der Waals surface area contributed by atoms with Crippen molar-refractivity contribution < 1.29 is 13.6 Å². The number of carbonyl (C=O) groups excluding carboxylic acids is 1. The van der Waals surface area contributed by atoms with Crippen molar-refractivity contribution in [2.75, 3.05) is 13.1 Å². The molecule has 1 rings (SSSR count). The van der Waals surface area contributed by atoms with Gasteiger partial charge in [0.15, 0.2) is 0 Å². The van der Waals surface area contributed by atoms with Crippen molar-refractivity contribution >= 4 is 5.91 Å². The SMILES string of the molecule is CC1(C(=O)NCC(F)(F)CN)CCCC1. The van der Waals surface area contributed by atoms with Crippen LogP contribution in [-0.2, 0) is 4.79 Å². The van der Waals surface area contributed by atoms with Crippen LogP contribution < -0.4 is 11.1 Å². The molecule has 0 aromatic heterocycles. The Bertz CT molecular complexity index is 238. The zero-order valence-corrected chi connectivity index (χ0v) is 8.98. The van der Waals surface area contributed by atoms with Crippen molar-refractivity contribution in [3.8, 4) is 0 Å². The fraction of sp³-hybridized carbons (Fsp3) is 0.900. The number of nitrogens with two attached hydrogens (primary N) is 1. The van der Waals surface area contributed by atoms with Crippen molar-refractivity contribution in [3.63, 3.8) is 0 Å². The minimum absolute atomic E-state index is 0.270. The van der Waals surface area contributed by atoms with Crippen LogP contribution in [0.3, 0.4) is 0 Å². The second kappa shape index (κ2) is 4.43. The van der Waals surface area contributed by atoms with E-state index >= 15 is 0 Å². The Morgan fingerprint density at radius 2 is 2.00 bits per heavy atom. The van der Waals surface area contributed by atoms with Gasteiger partial charge in [-0.2, -0.15) is 0 Å². The number of hydrogen-bond donors (Lipinski definition) is 2. The van der Waals surface area contributed by atoms with Gasteiger partial charge in [-0.25, -0.2) is 8.78 Å². The van der Waals surface area contributed by atoms with E-state index in [2.05, 4.69) is 5.32 Å². The van der Waals surface area contributed by atoms with E-state index in [0.717, 1.165) is 25.7 Å². The van der Waals surface area contributed by atoms with E-state index in [1.807, 2.05) is 6.92 Å².